The predicted octanol–water partition coefficient (Wildman–Crippen LogP) is 4.41. The van der Waals surface area contributed by atoms with Gasteiger partial charge in [-0.3, -0.25) is 0 Å². The van der Waals surface area contributed by atoms with E-state index in [0.717, 1.165) is 11.3 Å². The Morgan fingerprint density at radius 1 is 1.35 bits per heavy atom. The summed E-state index contributed by atoms with van der Waals surface area (Å²) < 4.78 is 0.637. The number of aromatic carboxylic acids is 1. The van der Waals surface area contributed by atoms with Gasteiger partial charge in [0.25, 0.3) is 0 Å². The molecular formula is C15H15BrN2O2. The zero-order valence-electron chi connectivity index (χ0n) is 11.2. The average Bonchev–Trinajstić information content (AvgIpc) is 2.41. The summed E-state index contributed by atoms with van der Waals surface area (Å²) in [6, 6.07) is 9.35. The van der Waals surface area contributed by atoms with Crippen LogP contribution in [0.1, 0.15) is 35.7 Å². The molecule has 2 N–H and O–H groups in total. The Kier molecular flexibility index (Phi) is 4.39. The van der Waals surface area contributed by atoms with E-state index in [1.165, 1.54) is 6.07 Å². The molecule has 0 unspecified atom stereocenters. The minimum atomic E-state index is -1.01. The largest absolute Gasteiger partial charge is 0.478 e. The molecule has 0 bridgehead atoms. The SMILES string of the molecule is CC(C)c1ccccc1Nc1ncc(Br)cc1C(=O)O. The summed E-state index contributed by atoms with van der Waals surface area (Å²) in [6.07, 6.45) is 1.58. The normalized spacial score (nSPS) is 10.6. The number of carbonyl (C=O) groups is 1. The van der Waals surface area contributed by atoms with Crippen LogP contribution in [0.4, 0.5) is 11.5 Å². The molecule has 0 spiro atoms. The standard InChI is InChI=1S/C15H15BrN2O2/c1-9(2)11-5-3-4-6-13(11)18-14-12(15(19)20)7-10(16)8-17-14/h3-9H,1-2H3,(H,17,18)(H,19,20). The summed E-state index contributed by atoms with van der Waals surface area (Å²) in [4.78, 5) is 15.4. The molecule has 2 aromatic rings. The number of para-hydroxylation sites is 1. The molecule has 5 heteroatoms. The molecule has 1 aromatic carbocycles. The van der Waals surface area contributed by atoms with Crippen molar-refractivity contribution in [2.75, 3.05) is 5.32 Å². The van der Waals surface area contributed by atoms with Crippen LogP contribution in [0.2, 0.25) is 0 Å². The monoisotopic (exact) mass is 334 g/mol. The number of hydrogen-bond donors (Lipinski definition) is 2. The van der Waals surface area contributed by atoms with E-state index in [9.17, 15) is 9.90 Å². The lowest BCUT2D eigenvalue weighted by Gasteiger charge is -2.15. The van der Waals surface area contributed by atoms with Crippen molar-refractivity contribution in [2.45, 2.75) is 19.8 Å². The molecule has 2 rings (SSSR count). The van der Waals surface area contributed by atoms with E-state index in [1.807, 2.05) is 24.3 Å². The number of hydrogen-bond acceptors (Lipinski definition) is 3. The maximum atomic E-state index is 11.3. The second-order valence-corrected chi connectivity index (χ2v) is 5.64. The summed E-state index contributed by atoms with van der Waals surface area (Å²) >= 11 is 3.23. The molecule has 1 aromatic heterocycles. The summed E-state index contributed by atoms with van der Waals surface area (Å²) in [5, 5.41) is 12.4. The fourth-order valence-corrected chi connectivity index (χ4v) is 2.28. The highest BCUT2D eigenvalue weighted by Gasteiger charge is 2.14. The highest BCUT2D eigenvalue weighted by molar-refractivity contribution is 9.10. The Bertz CT molecular complexity index is 642. The first-order chi connectivity index (χ1) is 9.49. The van der Waals surface area contributed by atoms with Gasteiger partial charge in [0.05, 0.1) is 0 Å². The molecule has 0 aliphatic carbocycles. The third-order valence-electron chi connectivity index (χ3n) is 2.92. The van der Waals surface area contributed by atoms with Crippen molar-refractivity contribution in [3.05, 3.63) is 52.1 Å². The van der Waals surface area contributed by atoms with Gasteiger partial charge < -0.3 is 10.4 Å². The van der Waals surface area contributed by atoms with Crippen LogP contribution >= 0.6 is 15.9 Å². The van der Waals surface area contributed by atoms with Gasteiger partial charge in [0.15, 0.2) is 0 Å². The van der Waals surface area contributed by atoms with E-state index >= 15 is 0 Å². The lowest BCUT2D eigenvalue weighted by Crippen LogP contribution is -2.06. The molecule has 0 aliphatic rings. The van der Waals surface area contributed by atoms with Crippen molar-refractivity contribution in [1.29, 1.82) is 0 Å². The van der Waals surface area contributed by atoms with E-state index in [2.05, 4.69) is 40.1 Å². The van der Waals surface area contributed by atoms with Gasteiger partial charge in [-0.05, 0) is 39.5 Å². The van der Waals surface area contributed by atoms with E-state index in [0.29, 0.717) is 16.2 Å². The van der Waals surface area contributed by atoms with Crippen LogP contribution < -0.4 is 5.32 Å². The predicted molar refractivity (Wildman–Crippen MR) is 82.7 cm³/mol. The average molecular weight is 335 g/mol. The van der Waals surface area contributed by atoms with Crippen molar-refractivity contribution in [3.8, 4) is 0 Å². The number of pyridine rings is 1. The Morgan fingerprint density at radius 2 is 2.05 bits per heavy atom. The number of halogens is 1. The van der Waals surface area contributed by atoms with E-state index in [-0.39, 0.29) is 5.56 Å². The molecule has 20 heavy (non-hydrogen) atoms. The number of carboxylic acids is 1. The molecule has 0 radical (unpaired) electrons. The zero-order chi connectivity index (χ0) is 14.7. The minimum absolute atomic E-state index is 0.137. The van der Waals surface area contributed by atoms with Gasteiger partial charge in [-0.2, -0.15) is 0 Å². The number of benzene rings is 1. The maximum absolute atomic E-state index is 11.3. The van der Waals surface area contributed by atoms with Crippen molar-refractivity contribution in [3.63, 3.8) is 0 Å². The molecule has 4 nitrogen and oxygen atoms in total. The van der Waals surface area contributed by atoms with Crippen LogP contribution in [0.5, 0.6) is 0 Å². The second-order valence-electron chi connectivity index (χ2n) is 4.72. The van der Waals surface area contributed by atoms with Crippen molar-refractivity contribution in [1.82, 2.24) is 4.98 Å². The third kappa shape index (κ3) is 3.17. The lowest BCUT2D eigenvalue weighted by molar-refractivity contribution is 0.0697. The molecular weight excluding hydrogens is 320 g/mol. The second kappa shape index (κ2) is 6.05. The van der Waals surface area contributed by atoms with Crippen molar-refractivity contribution < 1.29 is 9.90 Å². The Morgan fingerprint density at radius 3 is 2.70 bits per heavy atom. The summed E-state index contributed by atoms with van der Waals surface area (Å²) in [5.41, 5.74) is 2.13. The molecule has 0 fully saturated rings. The first kappa shape index (κ1) is 14.5. The quantitative estimate of drug-likeness (QED) is 0.869. The first-order valence-electron chi connectivity index (χ1n) is 6.24. The first-order valence-corrected chi connectivity index (χ1v) is 7.03. The summed E-state index contributed by atoms with van der Waals surface area (Å²) in [5.74, 6) is -0.334. The number of rotatable bonds is 4. The minimum Gasteiger partial charge on any atom is -0.478 e. The van der Waals surface area contributed by atoms with Crippen LogP contribution in [-0.2, 0) is 0 Å². The number of anilines is 2. The van der Waals surface area contributed by atoms with Gasteiger partial charge in [0.1, 0.15) is 11.4 Å². The van der Waals surface area contributed by atoms with Crippen LogP contribution in [0.3, 0.4) is 0 Å². The van der Waals surface area contributed by atoms with Crippen LogP contribution in [0.15, 0.2) is 41.0 Å². The Labute approximate surface area is 126 Å². The van der Waals surface area contributed by atoms with Gasteiger partial charge >= 0.3 is 5.97 Å². The Balaban J connectivity index is 2.43. The van der Waals surface area contributed by atoms with E-state index in [1.54, 1.807) is 6.20 Å². The van der Waals surface area contributed by atoms with Gasteiger partial charge in [0.2, 0.25) is 0 Å². The van der Waals surface area contributed by atoms with Crippen LogP contribution in [0, 0.1) is 0 Å². The Hall–Kier alpha value is -1.88. The highest BCUT2D eigenvalue weighted by Crippen LogP contribution is 2.28. The molecule has 0 saturated carbocycles. The van der Waals surface area contributed by atoms with Crippen molar-refractivity contribution >= 4 is 33.4 Å². The topological polar surface area (TPSA) is 62.2 Å². The van der Waals surface area contributed by atoms with Crippen molar-refractivity contribution in [2.24, 2.45) is 0 Å². The van der Waals surface area contributed by atoms with Gasteiger partial charge in [-0.1, -0.05) is 32.0 Å². The van der Waals surface area contributed by atoms with Gasteiger partial charge in [-0.25, -0.2) is 9.78 Å². The number of nitrogens with one attached hydrogen (secondary N) is 1. The van der Waals surface area contributed by atoms with Crippen LogP contribution in [0.25, 0.3) is 0 Å². The summed E-state index contributed by atoms with van der Waals surface area (Å²) in [6.45, 7) is 4.18. The molecule has 0 amide bonds. The molecule has 0 atom stereocenters. The third-order valence-corrected chi connectivity index (χ3v) is 3.35. The molecule has 0 aliphatic heterocycles. The fraction of sp³-hybridized carbons (Fsp3) is 0.200. The van der Waals surface area contributed by atoms with Crippen LogP contribution in [-0.4, -0.2) is 16.1 Å². The maximum Gasteiger partial charge on any atom is 0.339 e. The lowest BCUT2D eigenvalue weighted by atomic mass is 10.0. The molecule has 104 valence electrons. The fourth-order valence-electron chi connectivity index (χ4n) is 1.94. The van der Waals surface area contributed by atoms with E-state index < -0.39 is 5.97 Å². The number of aromatic nitrogens is 1. The smallest absolute Gasteiger partial charge is 0.339 e. The van der Waals surface area contributed by atoms with Gasteiger partial charge in [0, 0.05) is 16.4 Å². The van der Waals surface area contributed by atoms with Gasteiger partial charge in [-0.15, -0.1) is 0 Å². The molecule has 1 heterocycles. The number of nitrogens with zero attached hydrogens (tertiary/aromatic N) is 1. The zero-order valence-corrected chi connectivity index (χ0v) is 12.8. The molecule has 0 saturated heterocycles. The highest BCUT2D eigenvalue weighted by atomic mass is 79.9. The summed E-state index contributed by atoms with van der Waals surface area (Å²) in [7, 11) is 0. The van der Waals surface area contributed by atoms with E-state index in [4.69, 9.17) is 0 Å². The number of carboxylic acid groups (broad SMARTS) is 1.